The van der Waals surface area contributed by atoms with Crippen molar-refractivity contribution < 1.29 is 19.4 Å². The van der Waals surface area contributed by atoms with E-state index in [1.165, 1.54) is 0 Å². The number of aromatic nitrogens is 1. The average molecular weight is 401 g/mol. The number of fused-ring (bicyclic) bond motifs is 1. The van der Waals surface area contributed by atoms with Crippen molar-refractivity contribution in [2.24, 2.45) is 5.41 Å². The zero-order valence-corrected chi connectivity index (χ0v) is 14.2. The van der Waals surface area contributed by atoms with Crippen LogP contribution in [0.4, 0.5) is 4.79 Å². The van der Waals surface area contributed by atoms with E-state index in [2.05, 4.69) is 0 Å². The molecule has 2 rings (SSSR count). The monoisotopic (exact) mass is 401 g/mol. The Balaban J connectivity index is 2.51. The zero-order chi connectivity index (χ0) is 15.8. The molecule has 0 spiro atoms. The lowest BCUT2D eigenvalue weighted by Crippen LogP contribution is -2.19. The molecule has 1 heterocycles. The van der Waals surface area contributed by atoms with Gasteiger partial charge in [-0.25, -0.2) is 14.2 Å². The number of carbonyl (C=O) groups excluding carboxylic acids is 1. The summed E-state index contributed by atoms with van der Waals surface area (Å²) in [6, 6.07) is 6.91. The highest BCUT2D eigenvalue weighted by atomic mass is 127. The maximum Gasteiger partial charge on any atom is 0.416 e. The number of hydrogen-bond acceptors (Lipinski definition) is 3. The molecule has 0 saturated heterocycles. The maximum absolute atomic E-state index is 12.3. The number of para-hydroxylation sites is 1. The van der Waals surface area contributed by atoms with E-state index in [1.54, 1.807) is 24.3 Å². The largest absolute Gasteiger partial charge is 0.464 e. The van der Waals surface area contributed by atoms with Gasteiger partial charge in [-0.1, -0.05) is 39.0 Å². The highest BCUT2D eigenvalue weighted by Gasteiger charge is 2.25. The predicted molar refractivity (Wildman–Crippen MR) is 87.8 cm³/mol. The van der Waals surface area contributed by atoms with E-state index in [-0.39, 0.29) is 12.0 Å². The van der Waals surface area contributed by atoms with E-state index in [9.17, 15) is 14.7 Å². The van der Waals surface area contributed by atoms with Gasteiger partial charge in [0.1, 0.15) is 3.70 Å². The SMILES string of the molecule is CC(C)(C)COC(=O)c1c(I)n(C(=O)O)c2ccccc12. The lowest BCUT2D eigenvalue weighted by Gasteiger charge is -2.17. The summed E-state index contributed by atoms with van der Waals surface area (Å²) in [6.45, 7) is 6.16. The van der Waals surface area contributed by atoms with Crippen LogP contribution in [0.2, 0.25) is 0 Å². The number of carboxylic acid groups (broad SMARTS) is 1. The molecule has 0 saturated carbocycles. The standard InChI is InChI=1S/C15H16INO4/c1-15(2,3)8-21-13(18)11-9-6-4-5-7-10(9)17(12(11)16)14(19)20/h4-7H,8H2,1-3H3,(H,19,20). The topological polar surface area (TPSA) is 68.5 Å². The molecule has 0 aliphatic rings. The first-order valence-electron chi connectivity index (χ1n) is 6.42. The first-order valence-corrected chi connectivity index (χ1v) is 7.49. The van der Waals surface area contributed by atoms with Crippen LogP contribution in [0.25, 0.3) is 10.9 Å². The van der Waals surface area contributed by atoms with Crippen molar-refractivity contribution in [2.45, 2.75) is 20.8 Å². The summed E-state index contributed by atoms with van der Waals surface area (Å²) in [5.74, 6) is -0.495. The fourth-order valence-corrected chi connectivity index (χ4v) is 2.92. The Morgan fingerprint density at radius 2 is 1.90 bits per heavy atom. The van der Waals surface area contributed by atoms with Crippen LogP contribution in [0.3, 0.4) is 0 Å². The summed E-state index contributed by atoms with van der Waals surface area (Å²) < 4.78 is 6.77. The Bertz CT molecular complexity index is 712. The summed E-state index contributed by atoms with van der Waals surface area (Å²) >= 11 is 1.87. The van der Waals surface area contributed by atoms with Crippen molar-refractivity contribution in [1.82, 2.24) is 4.57 Å². The molecule has 6 heteroatoms. The molecule has 1 aromatic heterocycles. The second-order valence-corrected chi connectivity index (χ2v) is 6.96. The normalized spacial score (nSPS) is 11.6. The third-order valence-corrected chi connectivity index (χ3v) is 3.87. The van der Waals surface area contributed by atoms with Crippen LogP contribution in [0.1, 0.15) is 31.1 Å². The fraction of sp³-hybridized carbons (Fsp3) is 0.333. The minimum absolute atomic E-state index is 0.147. The van der Waals surface area contributed by atoms with Gasteiger partial charge < -0.3 is 9.84 Å². The Morgan fingerprint density at radius 3 is 2.48 bits per heavy atom. The summed E-state index contributed by atoms with van der Waals surface area (Å²) in [6.07, 6.45) is -1.12. The molecule has 1 aromatic carbocycles. The van der Waals surface area contributed by atoms with Gasteiger partial charge in [-0.2, -0.15) is 0 Å². The number of halogens is 1. The maximum atomic E-state index is 12.3. The van der Waals surface area contributed by atoms with Crippen molar-refractivity contribution in [2.75, 3.05) is 6.61 Å². The Kier molecular flexibility index (Phi) is 4.27. The van der Waals surface area contributed by atoms with Gasteiger partial charge in [0.15, 0.2) is 0 Å². The van der Waals surface area contributed by atoms with Gasteiger partial charge in [-0.05, 0) is 34.1 Å². The lowest BCUT2D eigenvalue weighted by molar-refractivity contribution is 0.0368. The number of hydrogen-bond donors (Lipinski definition) is 1. The Hall–Kier alpha value is -1.57. The molecule has 0 aliphatic carbocycles. The molecule has 0 atom stereocenters. The molecule has 1 N–H and O–H groups in total. The second kappa shape index (κ2) is 5.67. The van der Waals surface area contributed by atoms with Gasteiger partial charge in [0.25, 0.3) is 0 Å². The molecule has 5 nitrogen and oxygen atoms in total. The van der Waals surface area contributed by atoms with Crippen molar-refractivity contribution >= 4 is 45.6 Å². The molecule has 0 unspecified atom stereocenters. The third kappa shape index (κ3) is 3.20. The molecule has 0 amide bonds. The van der Waals surface area contributed by atoms with Crippen LogP contribution in [-0.2, 0) is 4.74 Å². The molecule has 0 radical (unpaired) electrons. The summed E-state index contributed by atoms with van der Waals surface area (Å²) in [5, 5.41) is 9.91. The predicted octanol–water partition coefficient (Wildman–Crippen LogP) is 3.97. The van der Waals surface area contributed by atoms with Crippen LogP contribution >= 0.6 is 22.6 Å². The van der Waals surface area contributed by atoms with Gasteiger partial charge in [0.05, 0.1) is 17.7 Å². The summed E-state index contributed by atoms with van der Waals surface area (Å²) in [4.78, 5) is 23.7. The number of rotatable bonds is 2. The molecular formula is C15H16INO4. The molecule has 112 valence electrons. The third-order valence-electron chi connectivity index (χ3n) is 2.85. The number of benzene rings is 1. The van der Waals surface area contributed by atoms with E-state index in [0.717, 1.165) is 4.57 Å². The minimum Gasteiger partial charge on any atom is -0.464 e. The molecule has 21 heavy (non-hydrogen) atoms. The Morgan fingerprint density at radius 1 is 1.29 bits per heavy atom. The smallest absolute Gasteiger partial charge is 0.416 e. The van der Waals surface area contributed by atoms with Crippen LogP contribution in [0, 0.1) is 9.12 Å². The summed E-state index contributed by atoms with van der Waals surface area (Å²) in [7, 11) is 0. The molecule has 0 aliphatic heterocycles. The van der Waals surface area contributed by atoms with Crippen LogP contribution in [-0.4, -0.2) is 28.3 Å². The number of nitrogens with zero attached hydrogens (tertiary/aromatic N) is 1. The van der Waals surface area contributed by atoms with Crippen molar-refractivity contribution in [3.05, 3.63) is 33.5 Å². The van der Waals surface area contributed by atoms with E-state index < -0.39 is 12.1 Å². The second-order valence-electron chi connectivity index (χ2n) is 5.94. The first-order chi connectivity index (χ1) is 9.72. The van der Waals surface area contributed by atoms with E-state index in [4.69, 9.17) is 4.74 Å². The molecule has 0 bridgehead atoms. The first kappa shape index (κ1) is 15.8. The van der Waals surface area contributed by atoms with Crippen molar-refractivity contribution in [3.8, 4) is 0 Å². The van der Waals surface area contributed by atoms with Crippen LogP contribution < -0.4 is 0 Å². The highest BCUT2D eigenvalue weighted by Crippen LogP contribution is 2.28. The van der Waals surface area contributed by atoms with E-state index in [1.807, 2.05) is 43.4 Å². The molecule has 2 aromatic rings. The number of ether oxygens (including phenoxy) is 1. The van der Waals surface area contributed by atoms with E-state index in [0.29, 0.717) is 20.2 Å². The Labute approximate surface area is 136 Å². The van der Waals surface area contributed by atoms with Gasteiger partial charge in [-0.3, -0.25) is 0 Å². The van der Waals surface area contributed by atoms with Crippen molar-refractivity contribution in [1.29, 1.82) is 0 Å². The molecule has 0 fully saturated rings. The zero-order valence-electron chi connectivity index (χ0n) is 12.0. The van der Waals surface area contributed by atoms with Gasteiger partial charge in [-0.15, -0.1) is 0 Å². The van der Waals surface area contributed by atoms with Gasteiger partial charge in [0, 0.05) is 5.39 Å². The number of carbonyl (C=O) groups is 2. The van der Waals surface area contributed by atoms with Crippen LogP contribution in [0.5, 0.6) is 0 Å². The van der Waals surface area contributed by atoms with Crippen LogP contribution in [0.15, 0.2) is 24.3 Å². The van der Waals surface area contributed by atoms with Gasteiger partial charge in [0.2, 0.25) is 0 Å². The molecular weight excluding hydrogens is 385 g/mol. The quantitative estimate of drug-likeness (QED) is 0.611. The van der Waals surface area contributed by atoms with Gasteiger partial charge >= 0.3 is 12.1 Å². The summed E-state index contributed by atoms with van der Waals surface area (Å²) in [5.41, 5.74) is 0.640. The lowest BCUT2D eigenvalue weighted by atomic mass is 9.99. The van der Waals surface area contributed by atoms with Crippen molar-refractivity contribution in [3.63, 3.8) is 0 Å². The number of esters is 1. The highest BCUT2D eigenvalue weighted by molar-refractivity contribution is 14.1. The fourth-order valence-electron chi connectivity index (χ4n) is 1.94. The average Bonchev–Trinajstić information content (AvgIpc) is 2.67. The minimum atomic E-state index is -1.12. The van der Waals surface area contributed by atoms with E-state index >= 15 is 0 Å².